The topological polar surface area (TPSA) is 55.4 Å². The Balaban J connectivity index is 1.34. The number of nitrogens with one attached hydrogen (secondary N) is 1. The zero-order valence-electron chi connectivity index (χ0n) is 14.9. The average Bonchev–Trinajstić information content (AvgIpc) is 3.08. The molecule has 5 heteroatoms. The highest BCUT2D eigenvalue weighted by atomic mass is 32.2. The van der Waals surface area contributed by atoms with Crippen LogP contribution in [0, 0.1) is 5.92 Å². The molecule has 25 heavy (non-hydrogen) atoms. The van der Waals surface area contributed by atoms with Crippen molar-refractivity contribution in [1.82, 2.24) is 5.32 Å². The number of rotatable bonds is 6. The third-order valence-corrected chi connectivity index (χ3v) is 6.14. The Hall–Kier alpha value is -1.49. The number of carbonyl (C=O) groups is 2. The average molecular weight is 362 g/mol. The molecular formula is C20H27NO3S. The number of hydrogen-bond donors (Lipinski definition) is 1. The SMILES string of the molecule is CC1CCC(NC(=O)COC(=O)CSc2ccc3c(c2)CCC3)CC1. The summed E-state index contributed by atoms with van der Waals surface area (Å²) in [5.41, 5.74) is 2.83. The molecule has 1 aromatic rings. The second-order valence-corrected chi connectivity index (χ2v) is 8.31. The van der Waals surface area contributed by atoms with Gasteiger partial charge >= 0.3 is 5.97 Å². The van der Waals surface area contributed by atoms with E-state index in [1.807, 2.05) is 0 Å². The third kappa shape index (κ3) is 5.50. The highest BCUT2D eigenvalue weighted by Crippen LogP contribution is 2.27. The van der Waals surface area contributed by atoms with Crippen molar-refractivity contribution >= 4 is 23.6 Å². The molecule has 1 amide bonds. The maximum absolute atomic E-state index is 11.9. The predicted octanol–water partition coefficient (Wildman–Crippen LogP) is 3.51. The van der Waals surface area contributed by atoms with Crippen LogP contribution in [-0.2, 0) is 27.2 Å². The van der Waals surface area contributed by atoms with E-state index >= 15 is 0 Å². The van der Waals surface area contributed by atoms with Crippen molar-refractivity contribution in [2.24, 2.45) is 5.92 Å². The third-order valence-electron chi connectivity index (χ3n) is 5.17. The fourth-order valence-corrected chi connectivity index (χ4v) is 4.40. The van der Waals surface area contributed by atoms with E-state index in [0.29, 0.717) is 0 Å². The van der Waals surface area contributed by atoms with Gasteiger partial charge in [-0.2, -0.15) is 0 Å². The molecule has 0 saturated heterocycles. The molecule has 0 heterocycles. The van der Waals surface area contributed by atoms with Crippen LogP contribution in [0.3, 0.4) is 0 Å². The molecule has 1 saturated carbocycles. The van der Waals surface area contributed by atoms with Gasteiger partial charge in [0.05, 0.1) is 5.75 Å². The molecule has 1 N–H and O–H groups in total. The van der Waals surface area contributed by atoms with Crippen LogP contribution in [0.5, 0.6) is 0 Å². The second kappa shape index (κ2) is 8.75. The Morgan fingerprint density at radius 1 is 1.16 bits per heavy atom. The van der Waals surface area contributed by atoms with Gasteiger partial charge < -0.3 is 10.1 Å². The lowest BCUT2D eigenvalue weighted by Crippen LogP contribution is -2.39. The first-order chi connectivity index (χ1) is 12.1. The number of aryl methyl sites for hydroxylation is 2. The monoisotopic (exact) mass is 361 g/mol. The van der Waals surface area contributed by atoms with Crippen LogP contribution in [0.1, 0.15) is 50.2 Å². The van der Waals surface area contributed by atoms with Crippen LogP contribution in [0.25, 0.3) is 0 Å². The van der Waals surface area contributed by atoms with Gasteiger partial charge in [0.1, 0.15) is 0 Å². The van der Waals surface area contributed by atoms with Crippen molar-refractivity contribution < 1.29 is 14.3 Å². The zero-order valence-corrected chi connectivity index (χ0v) is 15.7. The number of benzene rings is 1. The molecule has 0 bridgehead atoms. The molecule has 1 aromatic carbocycles. The van der Waals surface area contributed by atoms with Crippen LogP contribution in [0.2, 0.25) is 0 Å². The van der Waals surface area contributed by atoms with Crippen LogP contribution >= 0.6 is 11.8 Å². The van der Waals surface area contributed by atoms with Crippen LogP contribution in [0.4, 0.5) is 0 Å². The van der Waals surface area contributed by atoms with Crippen LogP contribution in [-0.4, -0.2) is 30.3 Å². The van der Waals surface area contributed by atoms with Gasteiger partial charge in [-0.1, -0.05) is 13.0 Å². The Morgan fingerprint density at radius 3 is 2.72 bits per heavy atom. The zero-order chi connectivity index (χ0) is 17.6. The predicted molar refractivity (Wildman–Crippen MR) is 99.7 cm³/mol. The van der Waals surface area contributed by atoms with Gasteiger partial charge in [-0.05, 0) is 74.1 Å². The summed E-state index contributed by atoms with van der Waals surface area (Å²) < 4.78 is 5.11. The van der Waals surface area contributed by atoms with Crippen molar-refractivity contribution in [2.75, 3.05) is 12.4 Å². The summed E-state index contributed by atoms with van der Waals surface area (Å²) in [6.07, 6.45) is 7.88. The minimum absolute atomic E-state index is 0.171. The molecule has 1 fully saturated rings. The molecule has 0 aromatic heterocycles. The summed E-state index contributed by atoms with van der Waals surface area (Å²) in [6.45, 7) is 2.08. The maximum atomic E-state index is 11.9. The molecule has 0 aliphatic heterocycles. The van der Waals surface area contributed by atoms with Crippen molar-refractivity contribution in [3.8, 4) is 0 Å². The second-order valence-electron chi connectivity index (χ2n) is 7.26. The molecule has 136 valence electrons. The first-order valence-electron chi connectivity index (χ1n) is 9.30. The van der Waals surface area contributed by atoms with Gasteiger partial charge in [0, 0.05) is 10.9 Å². The maximum Gasteiger partial charge on any atom is 0.316 e. The van der Waals surface area contributed by atoms with Gasteiger partial charge in [-0.25, -0.2) is 0 Å². The molecule has 0 radical (unpaired) electrons. The number of ether oxygens (including phenoxy) is 1. The van der Waals surface area contributed by atoms with Gasteiger partial charge in [0.2, 0.25) is 0 Å². The molecule has 0 unspecified atom stereocenters. The van der Waals surface area contributed by atoms with E-state index in [-0.39, 0.29) is 30.3 Å². The molecule has 3 rings (SSSR count). The van der Waals surface area contributed by atoms with Gasteiger partial charge in [0.15, 0.2) is 6.61 Å². The fourth-order valence-electron chi connectivity index (χ4n) is 3.64. The Morgan fingerprint density at radius 2 is 1.92 bits per heavy atom. The standard InChI is InChI=1S/C20H27NO3S/c1-14-5-8-17(9-6-14)21-19(22)12-24-20(23)13-25-18-10-7-15-3-2-4-16(15)11-18/h7,10-11,14,17H,2-6,8-9,12-13H2,1H3,(H,21,22). The van der Waals surface area contributed by atoms with Gasteiger partial charge in [0.25, 0.3) is 5.91 Å². The summed E-state index contributed by atoms with van der Waals surface area (Å²) in [5.74, 6) is 0.475. The Kier molecular flexibility index (Phi) is 6.40. The largest absolute Gasteiger partial charge is 0.455 e. The van der Waals surface area contributed by atoms with Gasteiger partial charge in [-0.3, -0.25) is 9.59 Å². The minimum Gasteiger partial charge on any atom is -0.455 e. The molecule has 2 aliphatic carbocycles. The van der Waals surface area contributed by atoms with E-state index in [2.05, 4.69) is 30.4 Å². The molecule has 0 atom stereocenters. The number of esters is 1. The normalized spacial score (nSPS) is 22.3. The van der Waals surface area contributed by atoms with E-state index in [1.54, 1.807) is 0 Å². The Bertz CT molecular complexity index is 623. The summed E-state index contributed by atoms with van der Waals surface area (Å²) in [6, 6.07) is 6.65. The lowest BCUT2D eigenvalue weighted by molar-refractivity contribution is -0.146. The minimum atomic E-state index is -0.335. The number of amides is 1. The number of thioether (sulfide) groups is 1. The highest BCUT2D eigenvalue weighted by Gasteiger charge is 2.20. The Labute approximate surface area is 154 Å². The van der Waals surface area contributed by atoms with E-state index < -0.39 is 0 Å². The summed E-state index contributed by atoms with van der Waals surface area (Å²) >= 11 is 1.48. The van der Waals surface area contributed by atoms with E-state index in [4.69, 9.17) is 4.74 Å². The lowest BCUT2D eigenvalue weighted by atomic mass is 9.87. The fraction of sp³-hybridized carbons (Fsp3) is 0.600. The van der Waals surface area contributed by atoms with E-state index in [9.17, 15) is 9.59 Å². The van der Waals surface area contributed by atoms with E-state index in [1.165, 1.54) is 29.3 Å². The number of fused-ring (bicyclic) bond motifs is 1. The summed E-state index contributed by atoms with van der Waals surface area (Å²) in [4.78, 5) is 24.9. The molecule has 2 aliphatic rings. The first kappa shape index (κ1) is 18.3. The number of carbonyl (C=O) groups excluding carboxylic acids is 2. The quantitative estimate of drug-likeness (QED) is 0.622. The van der Waals surface area contributed by atoms with Crippen molar-refractivity contribution in [3.05, 3.63) is 29.3 Å². The van der Waals surface area contributed by atoms with Gasteiger partial charge in [-0.15, -0.1) is 11.8 Å². The van der Waals surface area contributed by atoms with Crippen LogP contribution in [0.15, 0.2) is 23.1 Å². The van der Waals surface area contributed by atoms with E-state index in [0.717, 1.165) is 49.3 Å². The smallest absolute Gasteiger partial charge is 0.316 e. The molecule has 0 spiro atoms. The molecule has 4 nitrogen and oxygen atoms in total. The van der Waals surface area contributed by atoms with Crippen molar-refractivity contribution in [1.29, 1.82) is 0 Å². The first-order valence-corrected chi connectivity index (χ1v) is 10.3. The number of hydrogen-bond acceptors (Lipinski definition) is 4. The van der Waals surface area contributed by atoms with Crippen LogP contribution < -0.4 is 5.32 Å². The molecular weight excluding hydrogens is 334 g/mol. The lowest BCUT2D eigenvalue weighted by Gasteiger charge is -2.26. The van der Waals surface area contributed by atoms with Crippen molar-refractivity contribution in [3.63, 3.8) is 0 Å². The van der Waals surface area contributed by atoms with Crippen molar-refractivity contribution in [2.45, 2.75) is 62.8 Å². The highest BCUT2D eigenvalue weighted by molar-refractivity contribution is 8.00. The summed E-state index contributed by atoms with van der Waals surface area (Å²) in [5, 5.41) is 2.97. The summed E-state index contributed by atoms with van der Waals surface area (Å²) in [7, 11) is 0.